The van der Waals surface area contributed by atoms with Crippen LogP contribution in [0.25, 0.3) is 0 Å². The molecule has 8 heteroatoms. The zero-order valence-corrected chi connectivity index (χ0v) is 15.0. The van der Waals surface area contributed by atoms with Crippen molar-refractivity contribution in [3.63, 3.8) is 0 Å². The van der Waals surface area contributed by atoms with E-state index in [1.54, 1.807) is 36.4 Å². The van der Waals surface area contributed by atoms with Gasteiger partial charge in [0.15, 0.2) is 11.5 Å². The normalized spacial score (nSPS) is 11.5. The summed E-state index contributed by atoms with van der Waals surface area (Å²) in [6.07, 6.45) is 0.116. The second-order valence-electron chi connectivity index (χ2n) is 5.50. The smallest absolute Gasteiger partial charge is 0.169 e. The lowest BCUT2D eigenvalue weighted by Crippen LogP contribution is -2.12. The number of hydrogen-bond donors (Lipinski definition) is 1. The fourth-order valence-electron chi connectivity index (χ4n) is 2.43. The van der Waals surface area contributed by atoms with E-state index in [1.807, 2.05) is 6.07 Å². The first-order chi connectivity index (χ1) is 12.6. The van der Waals surface area contributed by atoms with Gasteiger partial charge >= 0.3 is 0 Å². The number of carbonyl (C=O) groups is 1. The highest BCUT2D eigenvalue weighted by atomic mass is 79.9. The van der Waals surface area contributed by atoms with E-state index in [0.29, 0.717) is 15.6 Å². The largest absolute Gasteiger partial charge is 0.411 e. The predicted octanol–water partition coefficient (Wildman–Crippen LogP) is 3.82. The Morgan fingerprint density at radius 2 is 1.92 bits per heavy atom. The van der Waals surface area contributed by atoms with Crippen molar-refractivity contribution in [2.24, 2.45) is 5.16 Å². The van der Waals surface area contributed by atoms with Crippen molar-refractivity contribution in [3.05, 3.63) is 81.3 Å². The molecule has 0 aliphatic rings. The van der Waals surface area contributed by atoms with E-state index in [-0.39, 0.29) is 35.7 Å². The van der Waals surface area contributed by atoms with Gasteiger partial charge in [-0.15, -0.1) is 0 Å². The Bertz CT molecular complexity index is 957. The van der Waals surface area contributed by atoms with E-state index in [0.717, 1.165) is 0 Å². The van der Waals surface area contributed by atoms with Crippen LogP contribution in [0.3, 0.4) is 0 Å². The van der Waals surface area contributed by atoms with Gasteiger partial charge in [-0.25, -0.2) is 9.02 Å². The van der Waals surface area contributed by atoms with Gasteiger partial charge in [0.05, 0.1) is 10.9 Å². The fraction of sp³-hybridized carbons (Fsp3) is 0.111. The van der Waals surface area contributed by atoms with Crippen molar-refractivity contribution in [3.8, 4) is 0 Å². The predicted molar refractivity (Wildman–Crippen MR) is 94.9 cm³/mol. The van der Waals surface area contributed by atoms with Crippen LogP contribution in [-0.4, -0.2) is 27.0 Å². The summed E-state index contributed by atoms with van der Waals surface area (Å²) in [5.41, 5.74) is 1.85. The summed E-state index contributed by atoms with van der Waals surface area (Å²) in [6, 6.07) is 13.2. The molecular formula is C18H13BrFN3O3. The Kier molecular flexibility index (Phi) is 5.52. The van der Waals surface area contributed by atoms with Gasteiger partial charge in [-0.2, -0.15) is 0 Å². The Morgan fingerprint density at radius 3 is 2.62 bits per heavy atom. The van der Waals surface area contributed by atoms with E-state index in [4.69, 9.17) is 4.63 Å². The molecule has 0 atom stereocenters. The van der Waals surface area contributed by atoms with Crippen LogP contribution in [0.5, 0.6) is 0 Å². The number of oxime groups is 1. The molecule has 1 heterocycles. The maximum atomic E-state index is 13.4. The minimum Gasteiger partial charge on any atom is -0.411 e. The fourth-order valence-corrected chi connectivity index (χ4v) is 2.86. The molecule has 1 aromatic heterocycles. The van der Waals surface area contributed by atoms with Gasteiger partial charge < -0.3 is 5.21 Å². The maximum absolute atomic E-state index is 13.4. The Hall–Kier alpha value is -2.87. The quantitative estimate of drug-likeness (QED) is 0.285. The summed E-state index contributed by atoms with van der Waals surface area (Å²) in [5.74, 6) is -0.558. The molecule has 3 rings (SSSR count). The second kappa shape index (κ2) is 8.01. The summed E-state index contributed by atoms with van der Waals surface area (Å²) >= 11 is 3.11. The number of halogens is 2. The highest BCUT2D eigenvalue weighted by Crippen LogP contribution is 2.19. The van der Waals surface area contributed by atoms with Crippen LogP contribution in [-0.2, 0) is 12.8 Å². The number of Topliss-reactive ketones (excluding diaryl/α,β-unsaturated/α-hetero) is 1. The van der Waals surface area contributed by atoms with Crippen molar-refractivity contribution < 1.29 is 19.0 Å². The molecule has 0 fully saturated rings. The molecule has 132 valence electrons. The van der Waals surface area contributed by atoms with E-state index >= 15 is 0 Å². The van der Waals surface area contributed by atoms with Crippen molar-refractivity contribution in [2.75, 3.05) is 0 Å². The molecule has 2 aromatic carbocycles. The van der Waals surface area contributed by atoms with Crippen LogP contribution in [0.15, 0.2) is 62.8 Å². The molecule has 3 aromatic rings. The Balaban J connectivity index is 1.81. The average Bonchev–Trinajstić information content (AvgIpc) is 3.11. The maximum Gasteiger partial charge on any atom is 0.169 e. The third kappa shape index (κ3) is 4.02. The highest BCUT2D eigenvalue weighted by Gasteiger charge is 2.21. The molecular weight excluding hydrogens is 405 g/mol. The number of ketones is 1. The molecule has 0 radical (unpaired) electrons. The minimum absolute atomic E-state index is 0.0466. The monoisotopic (exact) mass is 417 g/mol. The number of benzene rings is 2. The second-order valence-corrected chi connectivity index (χ2v) is 6.35. The Morgan fingerprint density at radius 1 is 1.15 bits per heavy atom. The molecule has 0 aliphatic heterocycles. The number of rotatable bonds is 6. The number of nitrogens with zero attached hydrogens (tertiary/aromatic N) is 3. The highest BCUT2D eigenvalue weighted by molar-refractivity contribution is 9.10. The van der Waals surface area contributed by atoms with E-state index in [2.05, 4.69) is 31.4 Å². The zero-order chi connectivity index (χ0) is 18.5. The van der Waals surface area contributed by atoms with Gasteiger partial charge in [0.1, 0.15) is 17.2 Å². The first-order valence-corrected chi connectivity index (χ1v) is 8.42. The third-order valence-corrected chi connectivity index (χ3v) is 4.34. The van der Waals surface area contributed by atoms with Gasteiger partial charge in [-0.05, 0) is 38.8 Å². The molecule has 26 heavy (non-hydrogen) atoms. The summed E-state index contributed by atoms with van der Waals surface area (Å²) in [7, 11) is 0. The van der Waals surface area contributed by atoms with E-state index in [9.17, 15) is 14.4 Å². The number of hydrogen-bond acceptors (Lipinski definition) is 6. The molecule has 0 saturated carbocycles. The molecule has 0 unspecified atom stereocenters. The van der Waals surface area contributed by atoms with Gasteiger partial charge in [-0.1, -0.05) is 46.7 Å². The summed E-state index contributed by atoms with van der Waals surface area (Å²) < 4.78 is 18.4. The summed E-state index contributed by atoms with van der Waals surface area (Å²) in [5, 5.41) is 20.1. The topological polar surface area (TPSA) is 88.6 Å². The van der Waals surface area contributed by atoms with Crippen LogP contribution in [0.1, 0.15) is 27.3 Å². The molecule has 0 bridgehead atoms. The first kappa shape index (κ1) is 17.9. The lowest BCUT2D eigenvalue weighted by atomic mass is 10.0. The minimum atomic E-state index is -0.395. The average molecular weight is 418 g/mol. The van der Waals surface area contributed by atoms with Crippen LogP contribution in [0.2, 0.25) is 0 Å². The van der Waals surface area contributed by atoms with Crippen molar-refractivity contribution >= 4 is 27.4 Å². The molecule has 0 amide bonds. The van der Waals surface area contributed by atoms with Gasteiger partial charge in [0.25, 0.3) is 0 Å². The third-order valence-electron chi connectivity index (χ3n) is 3.73. The number of carbonyl (C=O) groups excluding carboxylic acids is 1. The van der Waals surface area contributed by atoms with Crippen LogP contribution >= 0.6 is 15.9 Å². The van der Waals surface area contributed by atoms with Crippen molar-refractivity contribution in [2.45, 2.75) is 12.8 Å². The Labute approximate surface area is 156 Å². The van der Waals surface area contributed by atoms with Crippen molar-refractivity contribution in [1.29, 1.82) is 0 Å². The summed E-state index contributed by atoms with van der Waals surface area (Å²) in [6.45, 7) is 0. The lowest BCUT2D eigenvalue weighted by Gasteiger charge is -2.05. The van der Waals surface area contributed by atoms with Crippen LogP contribution < -0.4 is 0 Å². The SMILES string of the molecule is O=C(Cc1nonc1C(Cc1ccc(F)c(Br)c1)=NO)c1ccccc1. The zero-order valence-electron chi connectivity index (χ0n) is 13.4. The lowest BCUT2D eigenvalue weighted by molar-refractivity contribution is 0.0990. The molecule has 6 nitrogen and oxygen atoms in total. The molecule has 0 spiro atoms. The van der Waals surface area contributed by atoms with Gasteiger partial charge in [0.2, 0.25) is 0 Å². The van der Waals surface area contributed by atoms with Gasteiger partial charge in [-0.3, -0.25) is 4.79 Å². The first-order valence-electron chi connectivity index (χ1n) is 7.63. The van der Waals surface area contributed by atoms with E-state index < -0.39 is 5.82 Å². The number of aromatic nitrogens is 2. The van der Waals surface area contributed by atoms with Crippen LogP contribution in [0.4, 0.5) is 4.39 Å². The van der Waals surface area contributed by atoms with Crippen molar-refractivity contribution in [1.82, 2.24) is 10.3 Å². The molecule has 1 N–H and O–H groups in total. The van der Waals surface area contributed by atoms with Gasteiger partial charge in [0, 0.05) is 12.0 Å². The molecule has 0 aliphatic carbocycles. The standard InChI is InChI=1S/C18H13BrFN3O3/c19-13-8-11(6-7-14(13)20)9-15(21-25)18-16(22-26-23-18)10-17(24)12-4-2-1-3-5-12/h1-8,25H,9-10H2. The molecule has 0 saturated heterocycles. The van der Waals surface area contributed by atoms with Crippen LogP contribution in [0, 0.1) is 5.82 Å². The van der Waals surface area contributed by atoms with E-state index in [1.165, 1.54) is 6.07 Å². The summed E-state index contributed by atoms with van der Waals surface area (Å²) in [4.78, 5) is 12.4.